The molecule has 25 heavy (non-hydrogen) atoms. The van der Waals surface area contributed by atoms with Crippen molar-refractivity contribution in [1.29, 1.82) is 0 Å². The summed E-state index contributed by atoms with van der Waals surface area (Å²) in [4.78, 5) is 20.0. The second kappa shape index (κ2) is 8.15. The number of H-pyrrole nitrogens is 1. The Morgan fingerprint density at radius 3 is 2.64 bits per heavy atom. The van der Waals surface area contributed by atoms with Crippen LogP contribution in [-0.2, 0) is 17.6 Å². The van der Waals surface area contributed by atoms with Gasteiger partial charge in [-0.15, -0.1) is 0 Å². The fourth-order valence-corrected chi connectivity index (χ4v) is 2.81. The molecule has 2 N–H and O–H groups in total. The Bertz CT molecular complexity index is 801. The molecule has 5 nitrogen and oxygen atoms in total. The fraction of sp³-hybridized carbons (Fsp3) is 0.200. The number of methoxy groups -OCH3 is 1. The summed E-state index contributed by atoms with van der Waals surface area (Å²) < 4.78 is 5.33. The van der Waals surface area contributed by atoms with Crippen molar-refractivity contribution in [2.75, 3.05) is 7.11 Å². The highest BCUT2D eigenvalue weighted by Crippen LogP contribution is 2.20. The van der Waals surface area contributed by atoms with Crippen LogP contribution < -0.4 is 10.1 Å². The molecule has 0 aliphatic carbocycles. The van der Waals surface area contributed by atoms with Crippen molar-refractivity contribution >= 4 is 5.91 Å². The summed E-state index contributed by atoms with van der Waals surface area (Å²) in [5.74, 6) is 1.51. The average Bonchev–Trinajstić information content (AvgIpc) is 3.15. The number of nitrogens with zero attached hydrogens (tertiary/aromatic N) is 1. The van der Waals surface area contributed by atoms with Gasteiger partial charge in [-0.2, -0.15) is 0 Å². The molecule has 1 atom stereocenters. The van der Waals surface area contributed by atoms with Crippen LogP contribution in [0.5, 0.6) is 5.75 Å². The number of benzene rings is 2. The maximum atomic E-state index is 12.6. The standard InChI is InChI=1S/C20H21N3O2/c1-25-18-10-6-5-9-16(18)13-20(24)23-17(14-19-21-11-12-22-19)15-7-3-2-4-8-15/h2-12,17H,13-14H2,1H3,(H,21,22)(H,23,24)/t17-/m0/s1. The van der Waals surface area contributed by atoms with Crippen molar-refractivity contribution in [3.8, 4) is 5.75 Å². The first-order valence-electron chi connectivity index (χ1n) is 8.20. The molecule has 128 valence electrons. The molecule has 1 amide bonds. The number of imidazole rings is 1. The van der Waals surface area contributed by atoms with E-state index in [2.05, 4.69) is 15.3 Å². The van der Waals surface area contributed by atoms with Gasteiger partial charge in [-0.3, -0.25) is 4.79 Å². The van der Waals surface area contributed by atoms with E-state index in [1.54, 1.807) is 19.5 Å². The minimum Gasteiger partial charge on any atom is -0.496 e. The maximum Gasteiger partial charge on any atom is 0.225 e. The van der Waals surface area contributed by atoms with E-state index in [4.69, 9.17) is 4.74 Å². The van der Waals surface area contributed by atoms with Crippen molar-refractivity contribution < 1.29 is 9.53 Å². The van der Waals surface area contributed by atoms with Gasteiger partial charge < -0.3 is 15.0 Å². The highest BCUT2D eigenvalue weighted by molar-refractivity contribution is 5.79. The smallest absolute Gasteiger partial charge is 0.225 e. The van der Waals surface area contributed by atoms with Gasteiger partial charge in [0.1, 0.15) is 11.6 Å². The number of hydrogen-bond acceptors (Lipinski definition) is 3. The number of para-hydroxylation sites is 1. The van der Waals surface area contributed by atoms with E-state index >= 15 is 0 Å². The third-order valence-electron chi connectivity index (χ3n) is 4.03. The molecule has 0 saturated carbocycles. The molecule has 0 saturated heterocycles. The third kappa shape index (κ3) is 4.47. The zero-order valence-electron chi connectivity index (χ0n) is 14.1. The SMILES string of the molecule is COc1ccccc1CC(=O)N[C@@H](Cc1ncc[nH]1)c1ccccc1. The number of hydrogen-bond donors (Lipinski definition) is 2. The first-order chi connectivity index (χ1) is 12.3. The molecule has 3 aromatic rings. The lowest BCUT2D eigenvalue weighted by Crippen LogP contribution is -2.31. The number of ether oxygens (including phenoxy) is 1. The monoisotopic (exact) mass is 335 g/mol. The molecule has 5 heteroatoms. The Hall–Kier alpha value is -3.08. The predicted molar refractivity (Wildman–Crippen MR) is 96.3 cm³/mol. The summed E-state index contributed by atoms with van der Waals surface area (Å²) in [7, 11) is 1.61. The Kier molecular flexibility index (Phi) is 5.46. The summed E-state index contributed by atoms with van der Waals surface area (Å²) in [6, 6.07) is 17.3. The fourth-order valence-electron chi connectivity index (χ4n) is 2.81. The van der Waals surface area contributed by atoms with Crippen molar-refractivity contribution in [3.05, 3.63) is 83.9 Å². The van der Waals surface area contributed by atoms with Crippen LogP contribution in [0.4, 0.5) is 0 Å². The maximum absolute atomic E-state index is 12.6. The highest BCUT2D eigenvalue weighted by Gasteiger charge is 2.17. The van der Waals surface area contributed by atoms with Gasteiger partial charge in [0.25, 0.3) is 0 Å². The quantitative estimate of drug-likeness (QED) is 0.697. The molecule has 3 rings (SSSR count). The number of amides is 1. The lowest BCUT2D eigenvalue weighted by Gasteiger charge is -2.19. The molecule has 0 unspecified atom stereocenters. The van der Waals surface area contributed by atoms with Gasteiger partial charge in [0, 0.05) is 24.4 Å². The molecule has 0 fully saturated rings. The summed E-state index contributed by atoms with van der Waals surface area (Å²) in [6.45, 7) is 0. The van der Waals surface area contributed by atoms with Crippen LogP contribution in [0.1, 0.15) is 23.0 Å². The largest absolute Gasteiger partial charge is 0.496 e. The van der Waals surface area contributed by atoms with Gasteiger partial charge in [0.15, 0.2) is 0 Å². The van der Waals surface area contributed by atoms with Crippen LogP contribution in [0.3, 0.4) is 0 Å². The second-order valence-corrected chi connectivity index (χ2v) is 5.76. The molecule has 0 radical (unpaired) electrons. The van der Waals surface area contributed by atoms with Crippen LogP contribution in [0.2, 0.25) is 0 Å². The van der Waals surface area contributed by atoms with Crippen LogP contribution in [0, 0.1) is 0 Å². The lowest BCUT2D eigenvalue weighted by atomic mass is 10.0. The van der Waals surface area contributed by atoms with E-state index in [0.717, 1.165) is 22.7 Å². The first-order valence-corrected chi connectivity index (χ1v) is 8.20. The molecule has 0 bridgehead atoms. The van der Waals surface area contributed by atoms with E-state index < -0.39 is 0 Å². The van der Waals surface area contributed by atoms with E-state index in [9.17, 15) is 4.79 Å². The first kappa shape index (κ1) is 16.8. The van der Waals surface area contributed by atoms with Gasteiger partial charge in [0.2, 0.25) is 5.91 Å². The van der Waals surface area contributed by atoms with Crippen LogP contribution in [-0.4, -0.2) is 23.0 Å². The average molecular weight is 335 g/mol. The molecule has 0 spiro atoms. The number of aromatic amines is 1. The van der Waals surface area contributed by atoms with Crippen molar-refractivity contribution in [2.45, 2.75) is 18.9 Å². The highest BCUT2D eigenvalue weighted by atomic mass is 16.5. The zero-order chi connectivity index (χ0) is 17.5. The minimum atomic E-state index is -0.144. The minimum absolute atomic E-state index is 0.0510. The van der Waals surface area contributed by atoms with Gasteiger partial charge in [-0.05, 0) is 11.6 Å². The molecule has 0 aliphatic heterocycles. The third-order valence-corrected chi connectivity index (χ3v) is 4.03. The Morgan fingerprint density at radius 2 is 1.92 bits per heavy atom. The summed E-state index contributed by atoms with van der Waals surface area (Å²) in [5.41, 5.74) is 1.92. The van der Waals surface area contributed by atoms with Crippen molar-refractivity contribution in [3.63, 3.8) is 0 Å². The van der Waals surface area contributed by atoms with Crippen LogP contribution in [0.15, 0.2) is 67.0 Å². The molecule has 1 aromatic heterocycles. The Morgan fingerprint density at radius 1 is 1.16 bits per heavy atom. The zero-order valence-corrected chi connectivity index (χ0v) is 14.1. The molecular formula is C20H21N3O2. The summed E-state index contributed by atoms with van der Waals surface area (Å²) >= 11 is 0. The summed E-state index contributed by atoms with van der Waals surface area (Å²) in [5, 5.41) is 3.12. The number of aromatic nitrogens is 2. The van der Waals surface area contributed by atoms with Crippen molar-refractivity contribution in [2.24, 2.45) is 0 Å². The van der Waals surface area contributed by atoms with E-state index in [-0.39, 0.29) is 18.4 Å². The van der Waals surface area contributed by atoms with Crippen molar-refractivity contribution in [1.82, 2.24) is 15.3 Å². The second-order valence-electron chi connectivity index (χ2n) is 5.76. The summed E-state index contributed by atoms with van der Waals surface area (Å²) in [6.07, 6.45) is 4.38. The van der Waals surface area contributed by atoms with E-state index in [1.165, 1.54) is 0 Å². The number of carbonyl (C=O) groups excluding carboxylic acids is 1. The number of rotatable bonds is 7. The normalized spacial score (nSPS) is 11.7. The lowest BCUT2D eigenvalue weighted by molar-refractivity contribution is -0.121. The molecule has 1 heterocycles. The number of carbonyl (C=O) groups is 1. The van der Waals surface area contributed by atoms with Gasteiger partial charge in [-0.25, -0.2) is 4.98 Å². The van der Waals surface area contributed by atoms with E-state index in [1.807, 2.05) is 54.6 Å². The van der Waals surface area contributed by atoms with E-state index in [0.29, 0.717) is 6.42 Å². The molecular weight excluding hydrogens is 314 g/mol. The van der Waals surface area contributed by atoms with Crippen LogP contribution >= 0.6 is 0 Å². The predicted octanol–water partition coefficient (Wildman–Crippen LogP) is 3.06. The van der Waals surface area contributed by atoms with Gasteiger partial charge in [0.05, 0.1) is 19.6 Å². The Balaban J connectivity index is 1.74. The molecule has 2 aromatic carbocycles. The molecule has 0 aliphatic rings. The van der Waals surface area contributed by atoms with Gasteiger partial charge >= 0.3 is 0 Å². The number of nitrogens with one attached hydrogen (secondary N) is 2. The van der Waals surface area contributed by atoms with Gasteiger partial charge in [-0.1, -0.05) is 48.5 Å². The van der Waals surface area contributed by atoms with Crippen LogP contribution in [0.25, 0.3) is 0 Å². The Labute approximate surface area is 147 Å². The topological polar surface area (TPSA) is 67.0 Å².